The minimum absolute atomic E-state index is 0.218. The molecule has 0 atom stereocenters. The molecule has 180 valence electrons. The number of aryl methyl sites for hydroxylation is 2. The molecule has 1 aliphatic heterocycles. The van der Waals surface area contributed by atoms with E-state index in [1.54, 1.807) is 0 Å². The third-order valence-electron chi connectivity index (χ3n) is 6.09. The van der Waals surface area contributed by atoms with Crippen molar-refractivity contribution in [1.29, 1.82) is 0 Å². The molecule has 1 aromatic carbocycles. The molecule has 3 heterocycles. The maximum absolute atomic E-state index is 12.3. The van der Waals surface area contributed by atoms with E-state index in [9.17, 15) is 14.7 Å². The molecule has 1 aliphatic rings. The molecule has 34 heavy (non-hydrogen) atoms. The highest BCUT2D eigenvalue weighted by Crippen LogP contribution is 2.35. The molecule has 1 N–H and O–H groups in total. The van der Waals surface area contributed by atoms with Gasteiger partial charge < -0.3 is 19.1 Å². The van der Waals surface area contributed by atoms with Crippen LogP contribution in [-0.4, -0.2) is 38.6 Å². The summed E-state index contributed by atoms with van der Waals surface area (Å²) in [6, 6.07) is 7.20. The molecule has 0 radical (unpaired) electrons. The highest BCUT2D eigenvalue weighted by molar-refractivity contribution is 5.96. The van der Waals surface area contributed by atoms with Gasteiger partial charge in [0.15, 0.2) is 5.43 Å². The Labute approximate surface area is 198 Å². The maximum atomic E-state index is 12.3. The molecule has 0 spiro atoms. The number of fused-ring (bicyclic) bond motifs is 5. The second kappa shape index (κ2) is 10.6. The van der Waals surface area contributed by atoms with Gasteiger partial charge in [0, 0.05) is 30.6 Å². The number of aromatic nitrogens is 3. The Morgan fingerprint density at radius 2 is 1.97 bits per heavy atom. The van der Waals surface area contributed by atoms with Crippen LogP contribution in [0.5, 0.6) is 5.75 Å². The third kappa shape index (κ3) is 5.00. The van der Waals surface area contributed by atoms with Crippen LogP contribution in [0.3, 0.4) is 0 Å². The summed E-state index contributed by atoms with van der Waals surface area (Å²) in [6.45, 7) is 8.32. The summed E-state index contributed by atoms with van der Waals surface area (Å²) >= 11 is 0. The van der Waals surface area contributed by atoms with Crippen LogP contribution in [0.1, 0.15) is 55.8 Å². The first-order chi connectivity index (χ1) is 16.5. The fourth-order valence-electron chi connectivity index (χ4n) is 4.41. The zero-order valence-corrected chi connectivity index (χ0v) is 19.6. The summed E-state index contributed by atoms with van der Waals surface area (Å²) in [6.07, 6.45) is 7.80. The first kappa shape index (κ1) is 23.6. The minimum atomic E-state index is -1.21. The topological polar surface area (TPSA) is 95.6 Å². The maximum Gasteiger partial charge on any atom is 0.341 e. The predicted octanol–water partition coefficient (Wildman–Crippen LogP) is 4.85. The van der Waals surface area contributed by atoms with Gasteiger partial charge in [0.1, 0.15) is 16.8 Å². The first-order valence-electron chi connectivity index (χ1n) is 11.9. The lowest BCUT2D eigenvalue weighted by Gasteiger charge is -2.21. The van der Waals surface area contributed by atoms with Crippen LogP contribution in [0.15, 0.2) is 47.6 Å². The lowest BCUT2D eigenvalue weighted by Crippen LogP contribution is -2.24. The zero-order valence-electron chi connectivity index (χ0n) is 19.6. The number of aromatic carboxylic acids is 1. The summed E-state index contributed by atoms with van der Waals surface area (Å²) in [5.41, 5.74) is 1.53. The molecule has 3 aromatic rings. The number of carbonyl (C=O) groups is 1. The van der Waals surface area contributed by atoms with Gasteiger partial charge in [-0.15, -0.1) is 0 Å². The van der Waals surface area contributed by atoms with Gasteiger partial charge in [0.25, 0.3) is 0 Å². The number of allylic oxidation sites excluding steroid dienone is 1. The van der Waals surface area contributed by atoms with Crippen molar-refractivity contribution >= 4 is 16.9 Å². The molecule has 8 nitrogen and oxygen atoms in total. The molecular formula is C26H31N3O5. The van der Waals surface area contributed by atoms with Crippen LogP contribution in [0, 0.1) is 0 Å². The zero-order chi connectivity index (χ0) is 24.1. The lowest BCUT2D eigenvalue weighted by molar-refractivity contribution is 0.0694. The average Bonchev–Trinajstić information content (AvgIpc) is 3.20. The number of carboxylic acids is 1. The average molecular weight is 466 g/mol. The Hall–Kier alpha value is -3.55. The number of carboxylic acid groups (broad SMARTS) is 1. The number of benzene rings is 1. The van der Waals surface area contributed by atoms with Gasteiger partial charge in [-0.3, -0.25) is 9.48 Å². The van der Waals surface area contributed by atoms with Crippen molar-refractivity contribution in [2.45, 2.75) is 58.5 Å². The van der Waals surface area contributed by atoms with Crippen molar-refractivity contribution in [3.8, 4) is 17.1 Å². The Morgan fingerprint density at radius 1 is 1.18 bits per heavy atom. The summed E-state index contributed by atoms with van der Waals surface area (Å²) < 4.78 is 15.2. The van der Waals surface area contributed by atoms with Gasteiger partial charge in [-0.2, -0.15) is 5.10 Å². The van der Waals surface area contributed by atoms with Crippen molar-refractivity contribution in [3.05, 3.63) is 58.6 Å². The van der Waals surface area contributed by atoms with Crippen LogP contribution >= 0.6 is 0 Å². The third-order valence-corrected chi connectivity index (χ3v) is 6.09. The lowest BCUT2D eigenvalue weighted by atomic mass is 10.1. The van der Waals surface area contributed by atoms with Gasteiger partial charge >= 0.3 is 5.97 Å². The van der Waals surface area contributed by atoms with Crippen molar-refractivity contribution in [3.63, 3.8) is 0 Å². The monoisotopic (exact) mass is 465 g/mol. The van der Waals surface area contributed by atoms with Crippen LogP contribution < -0.4 is 10.2 Å². The van der Waals surface area contributed by atoms with E-state index in [1.807, 2.05) is 34.4 Å². The van der Waals surface area contributed by atoms with E-state index in [-0.39, 0.29) is 5.56 Å². The van der Waals surface area contributed by atoms with E-state index in [0.717, 1.165) is 66.6 Å². The van der Waals surface area contributed by atoms with Crippen molar-refractivity contribution in [2.24, 2.45) is 0 Å². The molecule has 0 unspecified atom stereocenters. The van der Waals surface area contributed by atoms with Gasteiger partial charge in [0.2, 0.25) is 0 Å². The molecule has 0 bridgehead atoms. The normalized spacial score (nSPS) is 12.3. The molecule has 4 rings (SSSR count). The van der Waals surface area contributed by atoms with E-state index in [0.29, 0.717) is 32.0 Å². The van der Waals surface area contributed by atoms with Crippen molar-refractivity contribution < 1.29 is 19.4 Å². The van der Waals surface area contributed by atoms with Gasteiger partial charge in [-0.25, -0.2) is 4.79 Å². The van der Waals surface area contributed by atoms with Crippen LogP contribution in [-0.2, 0) is 17.8 Å². The first-order valence-corrected chi connectivity index (χ1v) is 11.9. The number of unbranched alkanes of at least 4 members (excludes halogenated alkanes) is 4. The Morgan fingerprint density at radius 3 is 2.76 bits per heavy atom. The highest BCUT2D eigenvalue weighted by Gasteiger charge is 2.24. The standard InChI is InChI=1S/C26H31N3O5/c1-3-33-18(2)10-7-5-4-6-8-15-34-23-12-9-11-19-24(23)27-29-14-13-28-17-20(26(31)32)22(30)16-21(28)25(19)29/h9,11-12,16-17H,2-8,10,13-15H2,1H3,(H,31,32). The Kier molecular flexibility index (Phi) is 7.35. The smallest absolute Gasteiger partial charge is 0.341 e. The highest BCUT2D eigenvalue weighted by atomic mass is 16.5. The summed E-state index contributed by atoms with van der Waals surface area (Å²) in [5, 5.41) is 14.9. The Balaban J connectivity index is 1.40. The van der Waals surface area contributed by atoms with Crippen LogP contribution in [0.25, 0.3) is 22.3 Å². The van der Waals surface area contributed by atoms with E-state index in [1.165, 1.54) is 12.3 Å². The number of rotatable bonds is 12. The quantitative estimate of drug-likeness (QED) is 0.304. The Bertz CT molecular complexity index is 1260. The number of nitrogens with zero attached hydrogens (tertiary/aromatic N) is 3. The fraction of sp³-hybridized carbons (Fsp3) is 0.423. The molecule has 0 amide bonds. The van der Waals surface area contributed by atoms with E-state index in [2.05, 4.69) is 6.58 Å². The number of ether oxygens (including phenoxy) is 2. The number of hydrogen-bond donors (Lipinski definition) is 1. The van der Waals surface area contributed by atoms with E-state index < -0.39 is 11.4 Å². The van der Waals surface area contributed by atoms with Crippen molar-refractivity contribution in [2.75, 3.05) is 13.2 Å². The number of hydrogen-bond acceptors (Lipinski definition) is 5. The van der Waals surface area contributed by atoms with Gasteiger partial charge in [-0.1, -0.05) is 38.0 Å². The number of pyridine rings is 1. The minimum Gasteiger partial charge on any atom is -0.499 e. The molecule has 2 aromatic heterocycles. The summed E-state index contributed by atoms with van der Waals surface area (Å²) in [7, 11) is 0. The van der Waals surface area contributed by atoms with Gasteiger partial charge in [-0.05, 0) is 25.8 Å². The summed E-state index contributed by atoms with van der Waals surface area (Å²) in [4.78, 5) is 23.7. The molecule has 0 saturated heterocycles. The van der Waals surface area contributed by atoms with Crippen LogP contribution in [0.2, 0.25) is 0 Å². The second-order valence-electron chi connectivity index (χ2n) is 8.50. The fourth-order valence-corrected chi connectivity index (χ4v) is 4.41. The predicted molar refractivity (Wildman–Crippen MR) is 130 cm³/mol. The van der Waals surface area contributed by atoms with Gasteiger partial charge in [0.05, 0.1) is 36.9 Å². The molecule has 0 aliphatic carbocycles. The van der Waals surface area contributed by atoms with Crippen LogP contribution in [0.4, 0.5) is 0 Å². The second-order valence-corrected chi connectivity index (χ2v) is 8.50. The molecule has 0 fully saturated rings. The van der Waals surface area contributed by atoms with Crippen molar-refractivity contribution in [1.82, 2.24) is 14.3 Å². The van der Waals surface area contributed by atoms with E-state index >= 15 is 0 Å². The molecule has 0 saturated carbocycles. The SMILES string of the molecule is C=C(CCCCCCCOc1cccc2c3n(nc12)CCn1cc(C(=O)O)c(=O)cc1-3)OCC. The summed E-state index contributed by atoms with van der Waals surface area (Å²) in [5.74, 6) is 0.385. The molecule has 8 heteroatoms. The van der Waals surface area contributed by atoms with E-state index in [4.69, 9.17) is 14.6 Å². The molecular weight excluding hydrogens is 434 g/mol. The largest absolute Gasteiger partial charge is 0.499 e.